The van der Waals surface area contributed by atoms with E-state index in [0.717, 1.165) is 19.1 Å². The number of Topliss-reactive ketones (excluding diaryl/α,β-unsaturated/α-hetero) is 2. The molecule has 0 spiro atoms. The molecule has 0 aromatic heterocycles. The summed E-state index contributed by atoms with van der Waals surface area (Å²) < 4.78 is 0. The van der Waals surface area contributed by atoms with Crippen LogP contribution < -0.4 is 0 Å². The summed E-state index contributed by atoms with van der Waals surface area (Å²) in [6, 6.07) is 0. The van der Waals surface area contributed by atoms with Crippen LogP contribution >= 0.6 is 0 Å². The molecule has 1 saturated carbocycles. The van der Waals surface area contributed by atoms with Crippen LogP contribution in [-0.2, 0) is 14.4 Å². The van der Waals surface area contributed by atoms with Crippen LogP contribution in [0.5, 0.6) is 0 Å². The minimum absolute atomic E-state index is 0.0277. The highest BCUT2D eigenvalue weighted by Gasteiger charge is 2.37. The lowest BCUT2D eigenvalue weighted by molar-refractivity contribution is -0.135. The molecule has 0 bridgehead atoms. The van der Waals surface area contributed by atoms with E-state index in [1.54, 1.807) is 6.92 Å². The van der Waals surface area contributed by atoms with Crippen molar-refractivity contribution in [3.8, 4) is 0 Å². The molecule has 1 aliphatic carbocycles. The average molecular weight is 238 g/mol. The molecule has 96 valence electrons. The molecular formula is C14H22O3. The van der Waals surface area contributed by atoms with Crippen molar-refractivity contribution < 1.29 is 14.4 Å². The number of rotatable bonds is 5. The van der Waals surface area contributed by atoms with Gasteiger partial charge >= 0.3 is 0 Å². The molecular weight excluding hydrogens is 216 g/mol. The quantitative estimate of drug-likeness (QED) is 0.691. The fraction of sp³-hybridized carbons (Fsp3) is 0.786. The molecule has 3 heteroatoms. The standard InChI is InChI=1S/C14H22O3/c1-9-4-6-13(10(2)8-15)14(17)12(9)7-5-11(3)16/h8-10,12-13H,4-7H2,1-3H3/t9-,10-,12+,13+/m1/s1. The van der Waals surface area contributed by atoms with Gasteiger partial charge in [-0.15, -0.1) is 0 Å². The maximum absolute atomic E-state index is 12.3. The Balaban J connectivity index is 2.69. The van der Waals surface area contributed by atoms with Crippen LogP contribution in [0.4, 0.5) is 0 Å². The molecule has 0 radical (unpaired) electrons. The Hall–Kier alpha value is -0.990. The number of hydrogen-bond acceptors (Lipinski definition) is 3. The third-order valence-corrected chi connectivity index (χ3v) is 4.01. The maximum Gasteiger partial charge on any atom is 0.140 e. The number of carbonyl (C=O) groups excluding carboxylic acids is 3. The largest absolute Gasteiger partial charge is 0.303 e. The predicted octanol–water partition coefficient (Wildman–Crippen LogP) is 2.42. The highest BCUT2D eigenvalue weighted by molar-refractivity contribution is 5.87. The predicted molar refractivity (Wildman–Crippen MR) is 65.5 cm³/mol. The smallest absolute Gasteiger partial charge is 0.140 e. The van der Waals surface area contributed by atoms with Gasteiger partial charge in [-0.1, -0.05) is 13.8 Å². The van der Waals surface area contributed by atoms with Crippen LogP contribution in [-0.4, -0.2) is 17.9 Å². The summed E-state index contributed by atoms with van der Waals surface area (Å²) in [6.45, 7) is 5.45. The van der Waals surface area contributed by atoms with Crippen molar-refractivity contribution >= 4 is 17.9 Å². The van der Waals surface area contributed by atoms with Crippen LogP contribution in [0.15, 0.2) is 0 Å². The molecule has 17 heavy (non-hydrogen) atoms. The summed E-state index contributed by atoms with van der Waals surface area (Å²) in [4.78, 5) is 34.1. The molecule has 0 saturated heterocycles. The van der Waals surface area contributed by atoms with Crippen LogP contribution in [0.2, 0.25) is 0 Å². The van der Waals surface area contributed by atoms with Gasteiger partial charge in [0, 0.05) is 24.2 Å². The zero-order valence-corrected chi connectivity index (χ0v) is 10.9. The lowest BCUT2D eigenvalue weighted by Gasteiger charge is -2.34. The summed E-state index contributed by atoms with van der Waals surface area (Å²) in [6.07, 6.45) is 3.80. The first-order valence-corrected chi connectivity index (χ1v) is 6.45. The first kappa shape index (κ1) is 14.1. The minimum atomic E-state index is -0.185. The molecule has 1 fully saturated rings. The van der Waals surface area contributed by atoms with Crippen LogP contribution in [0.25, 0.3) is 0 Å². The second-order valence-electron chi connectivity index (χ2n) is 5.41. The Morgan fingerprint density at radius 2 is 2.12 bits per heavy atom. The third-order valence-electron chi connectivity index (χ3n) is 4.01. The lowest BCUT2D eigenvalue weighted by Crippen LogP contribution is -2.37. The topological polar surface area (TPSA) is 51.2 Å². The van der Waals surface area contributed by atoms with E-state index < -0.39 is 0 Å². The van der Waals surface area contributed by atoms with E-state index >= 15 is 0 Å². The number of ketones is 2. The van der Waals surface area contributed by atoms with Crippen LogP contribution in [0.1, 0.15) is 46.5 Å². The molecule has 0 unspecified atom stereocenters. The van der Waals surface area contributed by atoms with Gasteiger partial charge in [0.25, 0.3) is 0 Å². The molecule has 0 amide bonds. The second kappa shape index (κ2) is 6.08. The molecule has 0 aromatic carbocycles. The molecule has 0 aromatic rings. The van der Waals surface area contributed by atoms with E-state index in [2.05, 4.69) is 6.92 Å². The molecule has 1 rings (SSSR count). The summed E-state index contributed by atoms with van der Waals surface area (Å²) in [5.41, 5.74) is 0. The van der Waals surface area contributed by atoms with E-state index in [1.807, 2.05) is 6.92 Å². The monoisotopic (exact) mass is 238 g/mol. The van der Waals surface area contributed by atoms with Crippen molar-refractivity contribution in [2.45, 2.75) is 46.5 Å². The Morgan fingerprint density at radius 1 is 1.47 bits per heavy atom. The summed E-state index contributed by atoms with van der Waals surface area (Å²) in [7, 11) is 0. The van der Waals surface area contributed by atoms with Crippen LogP contribution in [0.3, 0.4) is 0 Å². The van der Waals surface area contributed by atoms with Gasteiger partial charge in [0.2, 0.25) is 0 Å². The number of hydrogen-bond donors (Lipinski definition) is 0. The van der Waals surface area contributed by atoms with Gasteiger partial charge in [0.1, 0.15) is 17.9 Å². The number of aldehydes is 1. The summed E-state index contributed by atoms with van der Waals surface area (Å²) in [5, 5.41) is 0. The molecule has 0 heterocycles. The number of carbonyl (C=O) groups is 3. The average Bonchev–Trinajstić information content (AvgIpc) is 2.27. The molecule has 4 atom stereocenters. The maximum atomic E-state index is 12.3. The van der Waals surface area contributed by atoms with Gasteiger partial charge in [0.15, 0.2) is 0 Å². The van der Waals surface area contributed by atoms with Gasteiger partial charge in [-0.05, 0) is 32.1 Å². The van der Waals surface area contributed by atoms with Crippen molar-refractivity contribution in [3.63, 3.8) is 0 Å². The van der Waals surface area contributed by atoms with Crippen molar-refractivity contribution in [2.24, 2.45) is 23.7 Å². The first-order chi connectivity index (χ1) is 7.97. The van der Waals surface area contributed by atoms with Gasteiger partial charge in [-0.3, -0.25) is 4.79 Å². The van der Waals surface area contributed by atoms with Crippen molar-refractivity contribution in [1.82, 2.24) is 0 Å². The van der Waals surface area contributed by atoms with E-state index in [4.69, 9.17) is 0 Å². The van der Waals surface area contributed by atoms with Crippen LogP contribution in [0, 0.1) is 23.7 Å². The second-order valence-corrected chi connectivity index (χ2v) is 5.41. The Bertz CT molecular complexity index is 309. The third kappa shape index (κ3) is 3.48. The first-order valence-electron chi connectivity index (χ1n) is 6.45. The normalized spacial score (nSPS) is 31.0. The highest BCUT2D eigenvalue weighted by Crippen LogP contribution is 2.36. The van der Waals surface area contributed by atoms with Crippen molar-refractivity contribution in [3.05, 3.63) is 0 Å². The van der Waals surface area contributed by atoms with E-state index in [0.29, 0.717) is 18.8 Å². The van der Waals surface area contributed by atoms with Gasteiger partial charge in [-0.25, -0.2) is 0 Å². The molecule has 1 aliphatic rings. The Labute approximate surface area is 103 Å². The van der Waals surface area contributed by atoms with Crippen molar-refractivity contribution in [1.29, 1.82) is 0 Å². The summed E-state index contributed by atoms with van der Waals surface area (Å²) >= 11 is 0. The summed E-state index contributed by atoms with van der Waals surface area (Å²) in [5.74, 6) is 0.340. The molecule has 3 nitrogen and oxygen atoms in total. The van der Waals surface area contributed by atoms with E-state index in [1.165, 1.54) is 0 Å². The highest BCUT2D eigenvalue weighted by atomic mass is 16.1. The Kier molecular flexibility index (Phi) is 5.03. The zero-order valence-electron chi connectivity index (χ0n) is 10.9. The van der Waals surface area contributed by atoms with Gasteiger partial charge in [-0.2, -0.15) is 0 Å². The molecule has 0 aliphatic heterocycles. The van der Waals surface area contributed by atoms with Gasteiger partial charge in [0.05, 0.1) is 0 Å². The fourth-order valence-electron chi connectivity index (χ4n) is 2.74. The van der Waals surface area contributed by atoms with E-state index in [-0.39, 0.29) is 29.3 Å². The SMILES string of the molecule is CC(=O)CC[C@@H]1C(=O)[C@H]([C@H](C)C=O)CC[C@H]1C. The Morgan fingerprint density at radius 3 is 2.65 bits per heavy atom. The molecule has 0 N–H and O–H groups in total. The lowest BCUT2D eigenvalue weighted by atomic mass is 9.68. The fourth-order valence-corrected chi connectivity index (χ4v) is 2.74. The van der Waals surface area contributed by atoms with E-state index in [9.17, 15) is 14.4 Å². The minimum Gasteiger partial charge on any atom is -0.303 e. The zero-order chi connectivity index (χ0) is 13.0. The van der Waals surface area contributed by atoms with Gasteiger partial charge < -0.3 is 9.59 Å². The van der Waals surface area contributed by atoms with Crippen molar-refractivity contribution in [2.75, 3.05) is 0 Å².